The monoisotopic (exact) mass is 562 g/mol. The van der Waals surface area contributed by atoms with E-state index in [0.29, 0.717) is 28.3 Å². The summed E-state index contributed by atoms with van der Waals surface area (Å²) in [6.45, 7) is 1.68. The summed E-state index contributed by atoms with van der Waals surface area (Å²) >= 11 is 6.20. The van der Waals surface area contributed by atoms with Gasteiger partial charge in [-0.25, -0.2) is 0 Å². The van der Waals surface area contributed by atoms with Crippen LogP contribution in [0.5, 0.6) is 0 Å². The second kappa shape index (κ2) is 11.7. The van der Waals surface area contributed by atoms with Crippen molar-refractivity contribution in [2.24, 2.45) is 5.92 Å². The van der Waals surface area contributed by atoms with E-state index in [9.17, 15) is 35.1 Å². The normalized spacial score (nSPS) is 29.5. The predicted octanol–water partition coefficient (Wildman–Crippen LogP) is 0.388. The largest absolute Gasteiger partial charge is 0.396 e. The van der Waals surface area contributed by atoms with Crippen molar-refractivity contribution >= 4 is 34.8 Å². The van der Waals surface area contributed by atoms with Crippen molar-refractivity contribution < 1.29 is 45.0 Å². The van der Waals surface area contributed by atoms with Crippen molar-refractivity contribution in [3.05, 3.63) is 70.8 Å². The molecule has 0 saturated carbocycles. The predicted molar refractivity (Wildman–Crippen MR) is 141 cm³/mol. The van der Waals surface area contributed by atoms with Crippen LogP contribution >= 0.6 is 11.6 Å². The minimum Gasteiger partial charge on any atom is -0.396 e. The summed E-state index contributed by atoms with van der Waals surface area (Å²) in [4.78, 5) is 27.8. The number of hydrogen-bond donors (Lipinski definition) is 7. The summed E-state index contributed by atoms with van der Waals surface area (Å²) in [5.41, 5.74) is -0.187. The molecule has 2 aliphatic rings. The van der Waals surface area contributed by atoms with Crippen LogP contribution in [0.2, 0.25) is 5.02 Å². The first-order valence-electron chi connectivity index (χ1n) is 12.4. The third-order valence-electron chi connectivity index (χ3n) is 6.99. The molecule has 7 N–H and O–H groups in total. The molecule has 4 rings (SSSR count). The Labute approximate surface area is 229 Å². The third-order valence-corrected chi connectivity index (χ3v) is 7.23. The first-order valence-corrected chi connectivity index (χ1v) is 12.8. The first kappa shape index (κ1) is 29.1. The lowest BCUT2D eigenvalue weighted by molar-refractivity contribution is -0.274. The maximum atomic E-state index is 13.6. The summed E-state index contributed by atoms with van der Waals surface area (Å²) in [5, 5.41) is 62.9. The van der Waals surface area contributed by atoms with Gasteiger partial charge in [-0.2, -0.15) is 0 Å². The van der Waals surface area contributed by atoms with Gasteiger partial charge in [0.25, 0.3) is 11.8 Å². The Hall–Kier alpha value is -2.87. The van der Waals surface area contributed by atoms with Gasteiger partial charge in [0.05, 0.1) is 12.2 Å². The highest BCUT2D eigenvalue weighted by atomic mass is 35.5. The van der Waals surface area contributed by atoms with Crippen molar-refractivity contribution in [1.82, 2.24) is 0 Å². The minimum atomic E-state index is -1.89. The van der Waals surface area contributed by atoms with E-state index in [-0.39, 0.29) is 18.8 Å². The maximum absolute atomic E-state index is 13.6. The van der Waals surface area contributed by atoms with Crippen molar-refractivity contribution in [3.63, 3.8) is 0 Å². The number of carbonyl (C=O) groups is 2. The van der Waals surface area contributed by atoms with Gasteiger partial charge in [0.15, 0.2) is 18.0 Å². The molecule has 0 aliphatic carbocycles. The number of nitrogens with one attached hydrogen (secondary N) is 1. The molecule has 0 bridgehead atoms. The molecule has 1 fully saturated rings. The number of aliphatic hydroxyl groups excluding tert-OH is 5. The standard InChI is InChI=1S/C27H31ClN2O9/c1-14(5-2-3-10-31)27(38)18-12-16(28)8-9-19(18)30(26(27)37)13-15-6-4-7-17(11-15)29-24(35)23-21(33)20(32)22(34)25(36)39-23/h2,4-9,11-12,14,20-23,25,31-34,36,38H,3,10,13H2,1H3,(H,29,35)/b5-2+/t14-,20-,21-,22+,23-,25+,27+/m0/s1. The summed E-state index contributed by atoms with van der Waals surface area (Å²) < 4.78 is 4.97. The molecule has 0 aromatic heterocycles. The second-order valence-electron chi connectivity index (χ2n) is 9.66. The molecule has 7 atom stereocenters. The molecular weight excluding hydrogens is 532 g/mol. The molecule has 2 aliphatic heterocycles. The average Bonchev–Trinajstić information content (AvgIpc) is 3.11. The molecule has 1 saturated heterocycles. The van der Waals surface area contributed by atoms with Crippen molar-refractivity contribution in [2.75, 3.05) is 16.8 Å². The lowest BCUT2D eigenvalue weighted by atomic mass is 9.83. The zero-order chi connectivity index (χ0) is 28.5. The Morgan fingerprint density at radius 2 is 1.90 bits per heavy atom. The van der Waals surface area contributed by atoms with Gasteiger partial charge >= 0.3 is 0 Å². The van der Waals surface area contributed by atoms with Crippen LogP contribution < -0.4 is 10.2 Å². The van der Waals surface area contributed by atoms with Gasteiger partial charge in [0.2, 0.25) is 0 Å². The lowest BCUT2D eigenvalue weighted by Gasteiger charge is -2.37. The maximum Gasteiger partial charge on any atom is 0.264 e. The highest BCUT2D eigenvalue weighted by Crippen LogP contribution is 2.46. The fourth-order valence-electron chi connectivity index (χ4n) is 4.81. The minimum absolute atomic E-state index is 0.0404. The number of benzene rings is 2. The topological polar surface area (TPSA) is 180 Å². The van der Waals surface area contributed by atoms with E-state index in [1.807, 2.05) is 0 Å². The molecule has 39 heavy (non-hydrogen) atoms. The van der Waals surface area contributed by atoms with Crippen molar-refractivity contribution in [2.45, 2.75) is 56.2 Å². The third kappa shape index (κ3) is 5.58. The van der Waals surface area contributed by atoms with Gasteiger partial charge in [0, 0.05) is 28.8 Å². The number of hydrogen-bond acceptors (Lipinski definition) is 9. The molecule has 2 aromatic rings. The Morgan fingerprint density at radius 1 is 1.15 bits per heavy atom. The van der Waals surface area contributed by atoms with E-state index in [4.69, 9.17) is 21.4 Å². The second-order valence-corrected chi connectivity index (χ2v) is 10.1. The Bertz CT molecular complexity index is 1260. The van der Waals surface area contributed by atoms with Gasteiger partial charge in [-0.15, -0.1) is 0 Å². The van der Waals surface area contributed by atoms with E-state index >= 15 is 0 Å². The van der Waals surface area contributed by atoms with Gasteiger partial charge < -0.3 is 45.6 Å². The molecule has 2 heterocycles. The molecule has 0 unspecified atom stereocenters. The lowest BCUT2D eigenvalue weighted by Crippen LogP contribution is -2.60. The van der Waals surface area contributed by atoms with E-state index in [0.717, 1.165) is 0 Å². The van der Waals surface area contributed by atoms with Gasteiger partial charge in [-0.3, -0.25) is 9.59 Å². The van der Waals surface area contributed by atoms with Gasteiger partial charge in [0.1, 0.15) is 18.3 Å². The highest BCUT2D eigenvalue weighted by molar-refractivity contribution is 6.31. The molecule has 2 amide bonds. The number of aliphatic hydroxyl groups is 6. The van der Waals surface area contributed by atoms with Crippen LogP contribution in [0.15, 0.2) is 54.6 Å². The van der Waals surface area contributed by atoms with Gasteiger partial charge in [-0.05, 0) is 42.3 Å². The van der Waals surface area contributed by atoms with Crippen LogP contribution in [0.3, 0.4) is 0 Å². The number of anilines is 2. The average molecular weight is 563 g/mol. The first-order chi connectivity index (χ1) is 18.5. The van der Waals surface area contributed by atoms with Crippen molar-refractivity contribution in [3.8, 4) is 0 Å². The molecule has 210 valence electrons. The summed E-state index contributed by atoms with van der Waals surface area (Å²) in [6.07, 6.45) is -5.09. The molecule has 2 aromatic carbocycles. The zero-order valence-electron chi connectivity index (χ0n) is 21.0. The van der Waals surface area contributed by atoms with Crippen molar-refractivity contribution in [1.29, 1.82) is 0 Å². The number of fused-ring (bicyclic) bond motifs is 1. The Balaban J connectivity index is 1.56. The molecule has 12 heteroatoms. The van der Waals surface area contributed by atoms with Crippen LogP contribution in [0.25, 0.3) is 0 Å². The van der Waals surface area contributed by atoms with Crippen LogP contribution in [0, 0.1) is 5.92 Å². The number of nitrogens with zero attached hydrogens (tertiary/aromatic N) is 1. The van der Waals surface area contributed by atoms with Crippen LogP contribution in [-0.4, -0.2) is 79.8 Å². The van der Waals surface area contributed by atoms with Crippen LogP contribution in [0.1, 0.15) is 24.5 Å². The number of carbonyl (C=O) groups excluding carboxylic acids is 2. The number of halogens is 1. The fraction of sp³-hybridized carbons (Fsp3) is 0.407. The fourth-order valence-corrected chi connectivity index (χ4v) is 4.98. The summed E-state index contributed by atoms with van der Waals surface area (Å²) in [7, 11) is 0. The number of amides is 2. The van der Waals surface area contributed by atoms with E-state index in [1.54, 1.807) is 61.5 Å². The van der Waals surface area contributed by atoms with Crippen LogP contribution in [-0.2, 0) is 26.5 Å². The molecule has 11 nitrogen and oxygen atoms in total. The molecule has 0 spiro atoms. The summed E-state index contributed by atoms with van der Waals surface area (Å²) in [5.74, 6) is -2.05. The highest BCUT2D eigenvalue weighted by Gasteiger charge is 2.52. The van der Waals surface area contributed by atoms with Crippen LogP contribution in [0.4, 0.5) is 11.4 Å². The Kier molecular flexibility index (Phi) is 8.74. The number of rotatable bonds is 8. The molecule has 0 radical (unpaired) electrons. The van der Waals surface area contributed by atoms with Gasteiger partial charge in [-0.1, -0.05) is 42.8 Å². The SMILES string of the molecule is C[C@@H](/C=C/CCO)[C@]1(O)C(=O)N(Cc2cccc(NC(=O)[C@H]3O[C@@H](O)[C@H](O)[C@@H](O)[C@@H]3O)c2)c2ccc(Cl)cc21. The van der Waals surface area contributed by atoms with E-state index in [2.05, 4.69) is 5.32 Å². The zero-order valence-corrected chi connectivity index (χ0v) is 21.8. The smallest absolute Gasteiger partial charge is 0.264 e. The molecular formula is C27H31ClN2O9. The quantitative estimate of drug-likeness (QED) is 0.224. The number of ether oxygens (including phenoxy) is 1. The van der Waals surface area contributed by atoms with E-state index < -0.39 is 54.0 Å². The van der Waals surface area contributed by atoms with E-state index in [1.165, 1.54) is 4.90 Å². The summed E-state index contributed by atoms with van der Waals surface area (Å²) in [6, 6.07) is 11.3. The Morgan fingerprint density at radius 3 is 2.62 bits per heavy atom.